The summed E-state index contributed by atoms with van der Waals surface area (Å²) in [5, 5.41) is 9.74. The summed E-state index contributed by atoms with van der Waals surface area (Å²) >= 11 is 0. The van der Waals surface area contributed by atoms with Crippen molar-refractivity contribution in [2.45, 2.75) is 283 Å². The molecule has 9 heteroatoms. The summed E-state index contributed by atoms with van der Waals surface area (Å²) in [6, 6.07) is 0. The molecule has 0 radical (unpaired) electrons. The van der Waals surface area contributed by atoms with Gasteiger partial charge in [0.1, 0.15) is 13.2 Å². The van der Waals surface area contributed by atoms with E-state index in [-0.39, 0.29) is 32.2 Å². The molecule has 85 heavy (non-hydrogen) atoms. The maximum atomic E-state index is 12.9. The number of carboxylic acid groups (broad SMARTS) is 1. The van der Waals surface area contributed by atoms with E-state index in [0.29, 0.717) is 23.9 Å². The second kappa shape index (κ2) is 65.4. The van der Waals surface area contributed by atoms with Gasteiger partial charge in [-0.25, -0.2) is 4.79 Å². The van der Waals surface area contributed by atoms with Gasteiger partial charge in [0.25, 0.3) is 6.29 Å². The summed E-state index contributed by atoms with van der Waals surface area (Å²) in [4.78, 5) is 37.6. The summed E-state index contributed by atoms with van der Waals surface area (Å²) in [6.07, 6.45) is 91.2. The zero-order valence-corrected chi connectivity index (χ0v) is 55.2. The van der Waals surface area contributed by atoms with Gasteiger partial charge in [0.2, 0.25) is 0 Å². The largest absolute Gasteiger partial charge is 0.477 e. The van der Waals surface area contributed by atoms with Gasteiger partial charge in [-0.05, 0) is 109 Å². The summed E-state index contributed by atoms with van der Waals surface area (Å²) in [7, 11) is 5.97. The van der Waals surface area contributed by atoms with Crippen molar-refractivity contribution in [2.24, 2.45) is 0 Å². The highest BCUT2D eigenvalue weighted by atomic mass is 16.7. The molecule has 484 valence electrons. The van der Waals surface area contributed by atoms with Crippen molar-refractivity contribution >= 4 is 17.9 Å². The predicted octanol–water partition coefficient (Wildman–Crippen LogP) is 21.4. The molecule has 0 aliphatic rings. The van der Waals surface area contributed by atoms with Crippen molar-refractivity contribution in [2.75, 3.05) is 47.5 Å². The molecule has 0 aliphatic carbocycles. The number of quaternary nitrogens is 1. The van der Waals surface area contributed by atoms with Crippen molar-refractivity contribution in [1.29, 1.82) is 0 Å². The van der Waals surface area contributed by atoms with E-state index in [1.54, 1.807) is 0 Å². The number of carbonyl (C=O) groups excluding carboxylic acids is 2. The van der Waals surface area contributed by atoms with Gasteiger partial charge < -0.3 is 28.5 Å². The zero-order valence-electron chi connectivity index (χ0n) is 55.2. The molecule has 0 heterocycles. The van der Waals surface area contributed by atoms with Crippen LogP contribution in [0.5, 0.6) is 0 Å². The maximum absolute atomic E-state index is 12.9. The number of carboxylic acids is 1. The van der Waals surface area contributed by atoms with Gasteiger partial charge in [-0.15, -0.1) is 0 Å². The Morgan fingerprint density at radius 3 is 0.941 bits per heavy atom. The van der Waals surface area contributed by atoms with Crippen molar-refractivity contribution in [1.82, 2.24) is 0 Å². The Labute approximate surface area is 522 Å². The fourth-order valence-electron chi connectivity index (χ4n) is 9.22. The van der Waals surface area contributed by atoms with Crippen LogP contribution >= 0.6 is 0 Å². The Morgan fingerprint density at radius 2 is 0.635 bits per heavy atom. The van der Waals surface area contributed by atoms with Crippen molar-refractivity contribution in [3.8, 4) is 0 Å². The topological polar surface area (TPSA) is 108 Å². The summed E-state index contributed by atoms with van der Waals surface area (Å²) in [5.74, 6) is -2.02. The molecule has 2 unspecified atom stereocenters. The van der Waals surface area contributed by atoms with E-state index in [2.05, 4.69) is 148 Å². The van der Waals surface area contributed by atoms with Crippen LogP contribution in [0, 0.1) is 0 Å². The van der Waals surface area contributed by atoms with Gasteiger partial charge >= 0.3 is 17.9 Å². The normalized spacial score (nSPS) is 13.6. The molecule has 0 aliphatic heterocycles. The van der Waals surface area contributed by atoms with Crippen LogP contribution in [-0.4, -0.2) is 87.4 Å². The van der Waals surface area contributed by atoms with E-state index < -0.39 is 24.3 Å². The first-order valence-corrected chi connectivity index (χ1v) is 34.3. The molecule has 0 rings (SSSR count). The zero-order chi connectivity index (χ0) is 61.9. The summed E-state index contributed by atoms with van der Waals surface area (Å²) in [5.41, 5.74) is 0. The van der Waals surface area contributed by atoms with Crippen LogP contribution in [0.25, 0.3) is 0 Å². The van der Waals surface area contributed by atoms with Crippen molar-refractivity contribution in [3.05, 3.63) is 134 Å². The molecular formula is C76H128NO8+. The number of rotatable bonds is 62. The first-order chi connectivity index (χ1) is 41.6. The molecule has 0 saturated carbocycles. The lowest BCUT2D eigenvalue weighted by Crippen LogP contribution is -2.40. The van der Waals surface area contributed by atoms with Gasteiger partial charge in [0.15, 0.2) is 6.10 Å². The van der Waals surface area contributed by atoms with E-state index in [1.807, 2.05) is 21.1 Å². The molecule has 0 amide bonds. The van der Waals surface area contributed by atoms with E-state index in [1.165, 1.54) is 122 Å². The molecule has 2 atom stereocenters. The van der Waals surface area contributed by atoms with Crippen LogP contribution in [0.3, 0.4) is 0 Å². The van der Waals surface area contributed by atoms with Crippen LogP contribution in [0.15, 0.2) is 134 Å². The minimum Gasteiger partial charge on any atom is -0.477 e. The van der Waals surface area contributed by atoms with Crippen LogP contribution in [0.2, 0.25) is 0 Å². The molecule has 0 spiro atoms. The second-order valence-corrected chi connectivity index (χ2v) is 23.7. The van der Waals surface area contributed by atoms with Gasteiger partial charge in [0, 0.05) is 12.8 Å². The van der Waals surface area contributed by atoms with Crippen LogP contribution in [0.4, 0.5) is 0 Å². The Balaban J connectivity index is 4.15. The quantitative estimate of drug-likeness (QED) is 0.0211. The molecule has 0 aromatic rings. The molecule has 0 aromatic carbocycles. The van der Waals surface area contributed by atoms with Gasteiger partial charge in [-0.3, -0.25) is 9.59 Å². The summed E-state index contributed by atoms with van der Waals surface area (Å²) in [6.45, 7) is 4.65. The number of allylic oxidation sites excluding steroid dienone is 22. The summed E-state index contributed by atoms with van der Waals surface area (Å²) < 4.78 is 23.0. The van der Waals surface area contributed by atoms with Crippen molar-refractivity contribution < 1.29 is 42.9 Å². The number of esters is 2. The number of hydrogen-bond acceptors (Lipinski definition) is 7. The van der Waals surface area contributed by atoms with E-state index in [0.717, 1.165) is 116 Å². The van der Waals surface area contributed by atoms with Gasteiger partial charge in [-0.1, -0.05) is 282 Å². The highest BCUT2D eigenvalue weighted by Gasteiger charge is 2.25. The first-order valence-electron chi connectivity index (χ1n) is 34.3. The molecular weight excluding hydrogens is 1050 g/mol. The fourth-order valence-corrected chi connectivity index (χ4v) is 9.22. The van der Waals surface area contributed by atoms with Crippen molar-refractivity contribution in [3.63, 3.8) is 0 Å². The number of hydrogen-bond donors (Lipinski definition) is 1. The first kappa shape index (κ1) is 80.4. The number of unbranched alkanes of at least 4 members (excludes halogenated alkanes) is 25. The number of carbonyl (C=O) groups is 3. The Bertz CT molecular complexity index is 1860. The highest BCUT2D eigenvalue weighted by Crippen LogP contribution is 2.17. The molecule has 0 bridgehead atoms. The van der Waals surface area contributed by atoms with Crippen LogP contribution in [0.1, 0.15) is 271 Å². The smallest absolute Gasteiger partial charge is 0.361 e. The van der Waals surface area contributed by atoms with Crippen LogP contribution < -0.4 is 0 Å². The average Bonchev–Trinajstić information content (AvgIpc) is 3.48. The Morgan fingerprint density at radius 1 is 0.353 bits per heavy atom. The number of nitrogens with zero attached hydrogens (tertiary/aromatic N) is 1. The molecule has 0 fully saturated rings. The van der Waals surface area contributed by atoms with Gasteiger partial charge in [-0.2, -0.15) is 0 Å². The third-order valence-corrected chi connectivity index (χ3v) is 14.4. The lowest BCUT2D eigenvalue weighted by Gasteiger charge is -2.25. The minimum absolute atomic E-state index is 0.180. The van der Waals surface area contributed by atoms with Crippen LogP contribution in [-0.2, 0) is 33.3 Å². The number of ether oxygens (including phenoxy) is 4. The SMILES string of the molecule is CC/C=C\C/C=C\C/C=C\C/C=C\C/C=C\C/C=C\CCCCCCCCCCC(=O)OC(COC(=O)CCCCCCCCCCCCCCCCCCC/C=C\C/C=C\C/C=C\C/C=C\C/C=C\CC)COC(OCC[N+](C)(C)C)C(=O)O. The van der Waals surface area contributed by atoms with Gasteiger partial charge in [0.05, 0.1) is 34.4 Å². The molecule has 9 nitrogen and oxygen atoms in total. The minimum atomic E-state index is -1.52. The fraction of sp³-hybridized carbons (Fsp3) is 0.671. The highest BCUT2D eigenvalue weighted by molar-refractivity contribution is 5.71. The van der Waals surface area contributed by atoms with E-state index in [9.17, 15) is 19.5 Å². The Kier molecular flexibility index (Phi) is 61.9. The number of likely N-dealkylation sites (N-methyl/N-ethyl adjacent to an activating group) is 1. The third kappa shape index (κ3) is 66.8. The second-order valence-electron chi connectivity index (χ2n) is 23.7. The monoisotopic (exact) mass is 1180 g/mol. The maximum Gasteiger partial charge on any atom is 0.361 e. The lowest BCUT2D eigenvalue weighted by atomic mass is 10.0. The standard InChI is InChI=1S/C76H127NO8/c1-6-8-10-12-14-16-18-20-22-24-26-28-30-32-34-35-36-37-38-39-41-42-44-46-48-50-52-54-56-58-60-62-64-66-73(78)83-70-72(71-84-76(75(80)81)82-69-68-77(3,4)5)85-74(79)67-65-63-61-59-57-55-53-51-49-47-45-43-40-33-31-29-27-25-23-21-19-17-15-13-11-9-7-2/h8-11,14-17,20-23,26-29,32-34,40,45,47,72,76H,6-7,12-13,18-19,24-25,30-31,35-39,41-44,46,48-71H2,1-5H3/p+1/b10-8-,11-9-,16-14-,17-15-,22-20-,23-21-,28-26-,29-27-,34-32-,40-33-,47-45-. The predicted molar refractivity (Wildman–Crippen MR) is 364 cm³/mol. The van der Waals surface area contributed by atoms with E-state index in [4.69, 9.17) is 18.9 Å². The van der Waals surface area contributed by atoms with E-state index >= 15 is 0 Å². The molecule has 0 aromatic heterocycles. The lowest BCUT2D eigenvalue weighted by molar-refractivity contribution is -0.870. The third-order valence-electron chi connectivity index (χ3n) is 14.4. The average molecular weight is 1180 g/mol. The number of aliphatic carboxylic acids is 1. The molecule has 1 N–H and O–H groups in total. The Hall–Kier alpha value is -4.57. The molecule has 0 saturated heterocycles.